The van der Waals surface area contributed by atoms with E-state index >= 15 is 0 Å². The van der Waals surface area contributed by atoms with Crippen LogP contribution in [0.2, 0.25) is 0 Å². The number of furan rings is 1. The van der Waals surface area contributed by atoms with Gasteiger partial charge >= 0.3 is 6.09 Å². The van der Waals surface area contributed by atoms with Gasteiger partial charge in [-0.25, -0.2) is 4.79 Å². The van der Waals surface area contributed by atoms with Crippen LogP contribution < -0.4 is 5.32 Å². The van der Waals surface area contributed by atoms with Gasteiger partial charge in [-0.1, -0.05) is 6.92 Å². The fraction of sp³-hybridized carbons (Fsp3) is 0.706. The van der Waals surface area contributed by atoms with Crippen molar-refractivity contribution in [1.82, 2.24) is 10.2 Å². The zero-order valence-electron chi connectivity index (χ0n) is 14.5. The van der Waals surface area contributed by atoms with Gasteiger partial charge < -0.3 is 19.4 Å². The Bertz CT molecular complexity index is 424. The van der Waals surface area contributed by atoms with Crippen LogP contribution in [0.1, 0.15) is 46.8 Å². The smallest absolute Gasteiger partial charge is 0.410 e. The van der Waals surface area contributed by atoms with E-state index in [2.05, 4.69) is 19.2 Å². The van der Waals surface area contributed by atoms with E-state index in [0.717, 1.165) is 25.1 Å². The van der Waals surface area contributed by atoms with E-state index < -0.39 is 5.60 Å². The van der Waals surface area contributed by atoms with Crippen molar-refractivity contribution in [1.29, 1.82) is 0 Å². The lowest BCUT2D eigenvalue weighted by atomic mass is 10.2. The third-order valence-electron chi connectivity index (χ3n) is 3.11. The predicted molar refractivity (Wildman–Crippen MR) is 88.0 cm³/mol. The van der Waals surface area contributed by atoms with Crippen LogP contribution in [0.4, 0.5) is 4.79 Å². The lowest BCUT2D eigenvalue weighted by Gasteiger charge is -2.27. The molecule has 126 valence electrons. The standard InChI is InChI=1S/C17H30N2O3/c1-6-10-19(16(20)22-17(3,4)5)11-9-18-14(2)13-15-8-7-12-21-15/h7-8,12,14,18H,6,9-11,13H2,1-5H3. The molecular formula is C17H30N2O3. The first-order valence-electron chi connectivity index (χ1n) is 8.05. The van der Waals surface area contributed by atoms with E-state index in [4.69, 9.17) is 9.15 Å². The first-order chi connectivity index (χ1) is 10.3. The first-order valence-corrected chi connectivity index (χ1v) is 8.05. The lowest BCUT2D eigenvalue weighted by molar-refractivity contribution is 0.0250. The SMILES string of the molecule is CCCN(CCNC(C)Cc1ccco1)C(=O)OC(C)(C)C. The summed E-state index contributed by atoms with van der Waals surface area (Å²) in [5.41, 5.74) is -0.455. The van der Waals surface area contributed by atoms with Gasteiger partial charge in [0.05, 0.1) is 6.26 Å². The summed E-state index contributed by atoms with van der Waals surface area (Å²) in [6.07, 6.45) is 3.21. The molecule has 1 amide bonds. The quantitative estimate of drug-likeness (QED) is 0.799. The molecule has 0 bridgehead atoms. The summed E-state index contributed by atoms with van der Waals surface area (Å²) < 4.78 is 10.8. The van der Waals surface area contributed by atoms with Crippen molar-refractivity contribution in [3.05, 3.63) is 24.2 Å². The molecule has 5 heteroatoms. The minimum atomic E-state index is -0.455. The molecule has 0 spiro atoms. The molecule has 1 rings (SSSR count). The van der Waals surface area contributed by atoms with Gasteiger partial charge in [-0.3, -0.25) is 0 Å². The van der Waals surface area contributed by atoms with Gasteiger partial charge in [-0.05, 0) is 46.2 Å². The predicted octanol–water partition coefficient (Wildman–Crippen LogP) is 3.45. The van der Waals surface area contributed by atoms with Gasteiger partial charge in [0, 0.05) is 32.1 Å². The number of carbonyl (C=O) groups is 1. The van der Waals surface area contributed by atoms with Gasteiger partial charge in [0.25, 0.3) is 0 Å². The van der Waals surface area contributed by atoms with Gasteiger partial charge in [-0.2, -0.15) is 0 Å². The number of ether oxygens (including phenoxy) is 1. The number of amides is 1. The fourth-order valence-corrected chi connectivity index (χ4v) is 2.14. The van der Waals surface area contributed by atoms with Gasteiger partial charge in [0.15, 0.2) is 0 Å². The van der Waals surface area contributed by atoms with Crippen LogP contribution in [-0.2, 0) is 11.2 Å². The fourth-order valence-electron chi connectivity index (χ4n) is 2.14. The molecule has 5 nitrogen and oxygen atoms in total. The minimum absolute atomic E-state index is 0.241. The molecule has 0 saturated heterocycles. The second-order valence-corrected chi connectivity index (χ2v) is 6.61. The molecule has 1 aromatic heterocycles. The summed E-state index contributed by atoms with van der Waals surface area (Å²) in [5.74, 6) is 0.970. The number of hydrogen-bond acceptors (Lipinski definition) is 4. The Balaban J connectivity index is 2.35. The summed E-state index contributed by atoms with van der Waals surface area (Å²) in [5, 5.41) is 3.42. The topological polar surface area (TPSA) is 54.7 Å². The van der Waals surface area contributed by atoms with E-state index in [9.17, 15) is 4.79 Å². The number of carbonyl (C=O) groups excluding carboxylic acids is 1. The van der Waals surface area contributed by atoms with Crippen molar-refractivity contribution in [2.24, 2.45) is 0 Å². The van der Waals surface area contributed by atoms with E-state index in [-0.39, 0.29) is 6.09 Å². The monoisotopic (exact) mass is 310 g/mol. The Hall–Kier alpha value is -1.49. The molecule has 0 aliphatic heterocycles. The Kier molecular flexibility index (Phi) is 7.45. The summed E-state index contributed by atoms with van der Waals surface area (Å²) in [6, 6.07) is 4.17. The molecule has 1 atom stereocenters. The summed E-state index contributed by atoms with van der Waals surface area (Å²) in [6.45, 7) is 11.9. The van der Waals surface area contributed by atoms with Crippen molar-refractivity contribution in [3.8, 4) is 0 Å². The highest BCUT2D eigenvalue weighted by atomic mass is 16.6. The maximum atomic E-state index is 12.1. The molecule has 0 fully saturated rings. The third-order valence-corrected chi connectivity index (χ3v) is 3.11. The zero-order valence-corrected chi connectivity index (χ0v) is 14.5. The van der Waals surface area contributed by atoms with Crippen molar-refractivity contribution < 1.29 is 13.9 Å². The van der Waals surface area contributed by atoms with Crippen LogP contribution in [0.3, 0.4) is 0 Å². The Labute approximate surface area is 134 Å². The molecule has 0 radical (unpaired) electrons. The zero-order chi connectivity index (χ0) is 16.6. The molecule has 1 N–H and O–H groups in total. The highest BCUT2D eigenvalue weighted by Crippen LogP contribution is 2.10. The molecule has 0 aliphatic carbocycles. The van der Waals surface area contributed by atoms with Gasteiger partial charge in [0.2, 0.25) is 0 Å². The Morgan fingerprint density at radius 3 is 2.68 bits per heavy atom. The summed E-state index contributed by atoms with van der Waals surface area (Å²) in [4.78, 5) is 13.9. The molecule has 1 unspecified atom stereocenters. The normalized spacial score (nSPS) is 13.0. The molecule has 0 saturated carbocycles. The highest BCUT2D eigenvalue weighted by Gasteiger charge is 2.21. The number of nitrogens with zero attached hydrogens (tertiary/aromatic N) is 1. The maximum Gasteiger partial charge on any atom is 0.410 e. The van der Waals surface area contributed by atoms with Gasteiger partial charge in [-0.15, -0.1) is 0 Å². The second-order valence-electron chi connectivity index (χ2n) is 6.61. The molecule has 22 heavy (non-hydrogen) atoms. The van der Waals surface area contributed by atoms with E-state index in [1.54, 1.807) is 11.2 Å². The number of hydrogen-bond donors (Lipinski definition) is 1. The Morgan fingerprint density at radius 1 is 1.41 bits per heavy atom. The molecule has 1 aromatic rings. The summed E-state index contributed by atoms with van der Waals surface area (Å²) in [7, 11) is 0. The number of rotatable bonds is 8. The van der Waals surface area contributed by atoms with E-state index in [0.29, 0.717) is 19.1 Å². The number of nitrogens with one attached hydrogen (secondary N) is 1. The van der Waals surface area contributed by atoms with Crippen molar-refractivity contribution in [3.63, 3.8) is 0 Å². The largest absolute Gasteiger partial charge is 0.469 e. The van der Waals surface area contributed by atoms with Crippen molar-refractivity contribution in [2.75, 3.05) is 19.6 Å². The maximum absolute atomic E-state index is 12.1. The Morgan fingerprint density at radius 2 is 2.14 bits per heavy atom. The first kappa shape index (κ1) is 18.6. The van der Waals surface area contributed by atoms with Crippen LogP contribution in [0.15, 0.2) is 22.8 Å². The molecule has 1 heterocycles. The van der Waals surface area contributed by atoms with Gasteiger partial charge in [0.1, 0.15) is 11.4 Å². The summed E-state index contributed by atoms with van der Waals surface area (Å²) >= 11 is 0. The van der Waals surface area contributed by atoms with Crippen LogP contribution in [-0.4, -0.2) is 42.3 Å². The lowest BCUT2D eigenvalue weighted by Crippen LogP contribution is -2.42. The molecule has 0 aliphatic rings. The van der Waals surface area contributed by atoms with E-state index in [1.807, 2.05) is 32.9 Å². The van der Waals surface area contributed by atoms with Crippen molar-refractivity contribution in [2.45, 2.75) is 59.1 Å². The van der Waals surface area contributed by atoms with Crippen LogP contribution in [0, 0.1) is 0 Å². The average Bonchev–Trinajstić information content (AvgIpc) is 2.88. The third kappa shape index (κ3) is 7.50. The molecule has 0 aromatic carbocycles. The van der Waals surface area contributed by atoms with Crippen LogP contribution >= 0.6 is 0 Å². The van der Waals surface area contributed by atoms with Crippen LogP contribution in [0.5, 0.6) is 0 Å². The second kappa shape index (κ2) is 8.83. The minimum Gasteiger partial charge on any atom is -0.469 e. The highest BCUT2D eigenvalue weighted by molar-refractivity contribution is 5.68. The molecular weight excluding hydrogens is 280 g/mol. The van der Waals surface area contributed by atoms with Crippen molar-refractivity contribution >= 4 is 6.09 Å². The van der Waals surface area contributed by atoms with Crippen LogP contribution in [0.25, 0.3) is 0 Å². The average molecular weight is 310 g/mol. The van der Waals surface area contributed by atoms with E-state index in [1.165, 1.54) is 0 Å².